The minimum atomic E-state index is -1.26. The average molecular weight is 409 g/mol. The zero-order valence-corrected chi connectivity index (χ0v) is 16.3. The predicted molar refractivity (Wildman–Crippen MR) is 111 cm³/mol. The van der Waals surface area contributed by atoms with Gasteiger partial charge in [-0.15, -0.1) is 5.10 Å². The van der Waals surface area contributed by atoms with Crippen molar-refractivity contribution in [1.82, 2.24) is 14.5 Å². The van der Waals surface area contributed by atoms with Crippen molar-refractivity contribution in [2.75, 3.05) is 19.7 Å². The van der Waals surface area contributed by atoms with Crippen LogP contribution in [0.4, 0.5) is 0 Å². The van der Waals surface area contributed by atoms with E-state index in [-0.39, 0.29) is 0 Å². The zero-order chi connectivity index (χ0) is 21.3. The second-order valence-electron chi connectivity index (χ2n) is 6.71. The van der Waals surface area contributed by atoms with E-state index in [4.69, 9.17) is 14.9 Å². The third-order valence-corrected chi connectivity index (χ3v) is 4.58. The van der Waals surface area contributed by atoms with Crippen molar-refractivity contribution in [3.63, 3.8) is 0 Å². The summed E-state index contributed by atoms with van der Waals surface area (Å²) >= 11 is 0. The fourth-order valence-corrected chi connectivity index (χ4v) is 3.15. The van der Waals surface area contributed by atoms with Gasteiger partial charge >= 0.3 is 11.9 Å². The number of aromatic nitrogens is 2. The Morgan fingerprint density at radius 1 is 1.03 bits per heavy atom. The highest BCUT2D eigenvalue weighted by molar-refractivity contribution is 5.89. The van der Waals surface area contributed by atoms with Gasteiger partial charge < -0.3 is 14.9 Å². The van der Waals surface area contributed by atoms with E-state index in [2.05, 4.69) is 34.3 Å². The molecular formula is C22H23N3O5. The largest absolute Gasteiger partial charge is 0.478 e. The summed E-state index contributed by atoms with van der Waals surface area (Å²) in [7, 11) is 0. The van der Waals surface area contributed by atoms with Gasteiger partial charge in [0.2, 0.25) is 5.88 Å². The molecule has 0 spiro atoms. The Morgan fingerprint density at radius 2 is 1.73 bits per heavy atom. The smallest absolute Gasteiger partial charge is 0.328 e. The summed E-state index contributed by atoms with van der Waals surface area (Å²) in [5.41, 5.74) is 3.99. The summed E-state index contributed by atoms with van der Waals surface area (Å²) in [6.07, 6.45) is 4.18. The predicted octanol–water partition coefficient (Wildman–Crippen LogP) is 2.48. The molecule has 0 bridgehead atoms. The zero-order valence-electron chi connectivity index (χ0n) is 16.3. The molecule has 0 atom stereocenters. The maximum Gasteiger partial charge on any atom is 0.328 e. The third kappa shape index (κ3) is 6.18. The molecule has 0 saturated heterocycles. The SMILES string of the molecule is O=C(O)/C=C\C(=O)O.c1ccc2c(c1)CCN(CCOc1cc3ccccn3n1)C2. The summed E-state index contributed by atoms with van der Waals surface area (Å²) < 4.78 is 7.65. The number of fused-ring (bicyclic) bond motifs is 2. The van der Waals surface area contributed by atoms with Crippen molar-refractivity contribution in [2.24, 2.45) is 0 Å². The van der Waals surface area contributed by atoms with Gasteiger partial charge in [-0.25, -0.2) is 14.1 Å². The van der Waals surface area contributed by atoms with Crippen LogP contribution in [0.15, 0.2) is 66.9 Å². The number of carboxylic acid groups (broad SMARTS) is 2. The molecule has 30 heavy (non-hydrogen) atoms. The molecule has 156 valence electrons. The normalized spacial score (nSPS) is 13.5. The second-order valence-corrected chi connectivity index (χ2v) is 6.71. The van der Waals surface area contributed by atoms with Crippen molar-refractivity contribution in [3.05, 3.63) is 78.0 Å². The molecule has 0 unspecified atom stereocenters. The summed E-state index contributed by atoms with van der Waals surface area (Å²) in [5.74, 6) is -1.82. The number of aliphatic carboxylic acids is 2. The molecule has 0 saturated carbocycles. The lowest BCUT2D eigenvalue weighted by Gasteiger charge is -2.28. The van der Waals surface area contributed by atoms with Crippen LogP contribution in [-0.2, 0) is 22.6 Å². The quantitative estimate of drug-likeness (QED) is 0.603. The number of pyridine rings is 1. The molecule has 8 heteroatoms. The van der Waals surface area contributed by atoms with Crippen LogP contribution in [0.25, 0.3) is 5.52 Å². The molecule has 0 radical (unpaired) electrons. The first kappa shape index (κ1) is 21.1. The lowest BCUT2D eigenvalue weighted by atomic mass is 10.0. The van der Waals surface area contributed by atoms with E-state index in [1.54, 1.807) is 0 Å². The van der Waals surface area contributed by atoms with E-state index >= 15 is 0 Å². The number of rotatable bonds is 6. The van der Waals surface area contributed by atoms with E-state index in [1.807, 2.05) is 35.0 Å². The van der Waals surface area contributed by atoms with Crippen LogP contribution >= 0.6 is 0 Å². The second kappa shape index (κ2) is 10.2. The van der Waals surface area contributed by atoms with Crippen LogP contribution < -0.4 is 4.74 Å². The summed E-state index contributed by atoms with van der Waals surface area (Å²) in [5, 5.41) is 20.0. The number of ether oxygens (including phenoxy) is 1. The van der Waals surface area contributed by atoms with Crippen molar-refractivity contribution >= 4 is 17.5 Å². The minimum absolute atomic E-state index is 0.558. The molecule has 0 fully saturated rings. The van der Waals surface area contributed by atoms with Crippen molar-refractivity contribution < 1.29 is 24.5 Å². The Hall–Kier alpha value is -3.65. The Bertz CT molecular complexity index is 995. The van der Waals surface area contributed by atoms with Crippen LogP contribution in [0, 0.1) is 0 Å². The third-order valence-electron chi connectivity index (χ3n) is 4.58. The van der Waals surface area contributed by atoms with Crippen molar-refractivity contribution in [2.45, 2.75) is 13.0 Å². The fraction of sp³-hybridized carbons (Fsp3) is 0.227. The fourth-order valence-electron chi connectivity index (χ4n) is 3.15. The highest BCUT2D eigenvalue weighted by atomic mass is 16.5. The van der Waals surface area contributed by atoms with Gasteiger partial charge in [-0.2, -0.15) is 0 Å². The summed E-state index contributed by atoms with van der Waals surface area (Å²) in [4.78, 5) is 21.5. The molecule has 3 aromatic rings. The molecule has 2 N–H and O–H groups in total. The van der Waals surface area contributed by atoms with Gasteiger partial charge in [0.15, 0.2) is 0 Å². The molecular weight excluding hydrogens is 386 g/mol. The highest BCUT2D eigenvalue weighted by Crippen LogP contribution is 2.18. The van der Waals surface area contributed by atoms with Crippen molar-refractivity contribution in [3.8, 4) is 5.88 Å². The molecule has 4 rings (SSSR count). The van der Waals surface area contributed by atoms with Crippen LogP contribution in [0.5, 0.6) is 5.88 Å². The molecule has 0 amide bonds. The number of nitrogens with zero attached hydrogens (tertiary/aromatic N) is 3. The van der Waals surface area contributed by atoms with E-state index in [9.17, 15) is 9.59 Å². The molecule has 8 nitrogen and oxygen atoms in total. The lowest BCUT2D eigenvalue weighted by Crippen LogP contribution is -2.33. The van der Waals surface area contributed by atoms with Gasteiger partial charge in [0.25, 0.3) is 0 Å². The first-order chi connectivity index (χ1) is 14.5. The Kier molecular flexibility index (Phi) is 7.18. The van der Waals surface area contributed by atoms with Gasteiger partial charge in [0.1, 0.15) is 6.61 Å². The van der Waals surface area contributed by atoms with E-state index < -0.39 is 11.9 Å². The standard InChI is InChI=1S/C18H19N3O.C4H4O4/c1-2-6-16-14-20(10-8-15(16)5-1)11-12-22-18-13-17-7-3-4-9-21(17)19-18;5-3(6)1-2-4(7)8/h1-7,9,13H,8,10-12,14H2;1-2H,(H,5,6)(H,7,8)/b;2-1-. The highest BCUT2D eigenvalue weighted by Gasteiger charge is 2.15. The van der Waals surface area contributed by atoms with Gasteiger partial charge in [0.05, 0.1) is 5.52 Å². The molecule has 2 aromatic heterocycles. The van der Waals surface area contributed by atoms with Crippen LogP contribution in [-0.4, -0.2) is 56.4 Å². The van der Waals surface area contributed by atoms with Crippen LogP contribution in [0.2, 0.25) is 0 Å². The van der Waals surface area contributed by atoms with Crippen LogP contribution in [0.1, 0.15) is 11.1 Å². The number of hydrogen-bond donors (Lipinski definition) is 2. The molecule has 1 aliphatic heterocycles. The number of hydrogen-bond acceptors (Lipinski definition) is 5. The van der Waals surface area contributed by atoms with E-state index in [0.717, 1.165) is 31.6 Å². The number of benzene rings is 1. The molecule has 3 heterocycles. The summed E-state index contributed by atoms with van der Waals surface area (Å²) in [6, 6.07) is 16.7. The maximum absolute atomic E-state index is 9.55. The topological polar surface area (TPSA) is 104 Å². The van der Waals surface area contributed by atoms with Crippen molar-refractivity contribution in [1.29, 1.82) is 0 Å². The maximum atomic E-state index is 9.55. The lowest BCUT2D eigenvalue weighted by molar-refractivity contribution is -0.134. The Labute approximate surface area is 173 Å². The Morgan fingerprint density at radius 3 is 2.43 bits per heavy atom. The summed E-state index contributed by atoms with van der Waals surface area (Å²) in [6.45, 7) is 3.73. The van der Waals surface area contributed by atoms with E-state index in [1.165, 1.54) is 11.1 Å². The number of carbonyl (C=O) groups is 2. The monoisotopic (exact) mass is 409 g/mol. The van der Waals surface area contributed by atoms with Gasteiger partial charge in [-0.3, -0.25) is 4.90 Å². The molecule has 1 aromatic carbocycles. The molecule has 0 aliphatic carbocycles. The minimum Gasteiger partial charge on any atom is -0.478 e. The van der Waals surface area contributed by atoms with Gasteiger partial charge in [0, 0.05) is 44.0 Å². The first-order valence-electron chi connectivity index (χ1n) is 9.51. The Balaban J connectivity index is 0.000000275. The van der Waals surface area contributed by atoms with E-state index in [0.29, 0.717) is 24.6 Å². The van der Waals surface area contributed by atoms with Gasteiger partial charge in [-0.05, 0) is 29.7 Å². The first-order valence-corrected chi connectivity index (χ1v) is 9.51. The van der Waals surface area contributed by atoms with Gasteiger partial charge in [-0.1, -0.05) is 30.3 Å². The van der Waals surface area contributed by atoms with Crippen LogP contribution in [0.3, 0.4) is 0 Å². The average Bonchev–Trinajstić information content (AvgIpc) is 3.15. The number of carboxylic acids is 2. The molecule has 1 aliphatic rings.